The molecule has 7 nitrogen and oxygen atoms in total. The second kappa shape index (κ2) is 12.2. The molecule has 3 aromatic rings. The summed E-state index contributed by atoms with van der Waals surface area (Å²) in [5.41, 5.74) is 3.39. The van der Waals surface area contributed by atoms with E-state index in [0.717, 1.165) is 78.4 Å². The molecule has 0 radical (unpaired) electrons. The summed E-state index contributed by atoms with van der Waals surface area (Å²) in [5.74, 6) is 1.38. The monoisotopic (exact) mass is 558 g/mol. The molecule has 1 saturated carbocycles. The molecule has 0 N–H and O–H groups in total. The molecule has 0 amide bonds. The Balaban J connectivity index is 1.28. The number of nitriles is 1. The molecule has 8 heteroatoms. The molecule has 1 saturated heterocycles. The van der Waals surface area contributed by atoms with Gasteiger partial charge >= 0.3 is 6.01 Å². The zero-order valence-electron chi connectivity index (χ0n) is 23.5. The number of rotatable bonds is 8. The summed E-state index contributed by atoms with van der Waals surface area (Å²) in [6.07, 6.45) is 8.85. The quantitative estimate of drug-likeness (QED) is 0.324. The van der Waals surface area contributed by atoms with Crippen LogP contribution in [0.3, 0.4) is 0 Å². The van der Waals surface area contributed by atoms with E-state index < -0.39 is 0 Å². The normalized spacial score (nSPS) is 19.7. The number of nitrogens with zero attached hydrogens (tertiary/aromatic N) is 6. The van der Waals surface area contributed by atoms with Crippen molar-refractivity contribution in [2.24, 2.45) is 5.92 Å². The van der Waals surface area contributed by atoms with Crippen molar-refractivity contribution in [2.45, 2.75) is 64.0 Å². The number of hydrogen-bond acceptors (Lipinski definition) is 7. The topological polar surface area (TPSA) is 68.5 Å². The zero-order valence-corrected chi connectivity index (χ0v) is 24.2. The minimum Gasteiger partial charge on any atom is -0.462 e. The van der Waals surface area contributed by atoms with E-state index in [2.05, 4.69) is 52.1 Å². The van der Waals surface area contributed by atoms with Gasteiger partial charge in [0.25, 0.3) is 0 Å². The van der Waals surface area contributed by atoms with Gasteiger partial charge in [-0.15, -0.1) is 0 Å². The lowest BCUT2D eigenvalue weighted by Gasteiger charge is -2.37. The predicted octanol–water partition coefficient (Wildman–Crippen LogP) is 6.23. The number of piperidine rings is 1. The molecule has 0 bridgehead atoms. The number of hydrogen-bond donors (Lipinski definition) is 0. The summed E-state index contributed by atoms with van der Waals surface area (Å²) < 4.78 is 6.26. The Hall–Kier alpha value is -3.08. The van der Waals surface area contributed by atoms with Crippen LogP contribution in [0.5, 0.6) is 6.01 Å². The van der Waals surface area contributed by atoms with E-state index in [1.54, 1.807) is 0 Å². The fourth-order valence-corrected chi connectivity index (χ4v) is 7.10. The Labute approximate surface area is 242 Å². The van der Waals surface area contributed by atoms with Gasteiger partial charge in [-0.3, -0.25) is 0 Å². The van der Waals surface area contributed by atoms with Gasteiger partial charge in [0.15, 0.2) is 0 Å². The molecule has 1 atom stereocenters. The number of benzene rings is 2. The molecular formula is C32H39ClN6O. The van der Waals surface area contributed by atoms with Gasteiger partial charge in [-0.1, -0.05) is 48.7 Å². The van der Waals surface area contributed by atoms with E-state index in [4.69, 9.17) is 26.3 Å². The average Bonchev–Trinajstić information content (AvgIpc) is 3.52. The van der Waals surface area contributed by atoms with Crippen molar-refractivity contribution < 1.29 is 4.74 Å². The van der Waals surface area contributed by atoms with Crippen LogP contribution in [0.2, 0.25) is 5.02 Å². The van der Waals surface area contributed by atoms with E-state index in [1.165, 1.54) is 31.2 Å². The van der Waals surface area contributed by atoms with Crippen LogP contribution < -0.4 is 14.5 Å². The van der Waals surface area contributed by atoms with Crippen molar-refractivity contribution in [3.05, 3.63) is 52.7 Å². The van der Waals surface area contributed by atoms with Gasteiger partial charge in [0.05, 0.1) is 23.3 Å². The first-order valence-electron chi connectivity index (χ1n) is 14.9. The van der Waals surface area contributed by atoms with Crippen LogP contribution in [0.25, 0.3) is 10.8 Å². The largest absolute Gasteiger partial charge is 0.462 e. The summed E-state index contributed by atoms with van der Waals surface area (Å²) >= 11 is 6.70. The third kappa shape index (κ3) is 5.70. The highest BCUT2D eigenvalue weighted by atomic mass is 35.5. The van der Waals surface area contributed by atoms with E-state index in [1.807, 2.05) is 12.1 Å². The Morgan fingerprint density at radius 1 is 1.05 bits per heavy atom. The second-order valence-electron chi connectivity index (χ2n) is 11.6. The maximum atomic E-state index is 9.33. The SMILES string of the molecule is CN(CCOc1nc2c(c(N3CCC[C@H](CC#N)C3)n1)CCN(c1cccc3cccc(Cl)c13)C2)C1CCCC1. The predicted molar refractivity (Wildman–Crippen MR) is 161 cm³/mol. The van der Waals surface area contributed by atoms with Crippen LogP contribution in [0, 0.1) is 17.2 Å². The van der Waals surface area contributed by atoms with Gasteiger partial charge < -0.3 is 19.4 Å². The smallest absolute Gasteiger partial charge is 0.318 e. The van der Waals surface area contributed by atoms with Gasteiger partial charge in [-0.25, -0.2) is 0 Å². The van der Waals surface area contributed by atoms with E-state index in [0.29, 0.717) is 37.5 Å². The summed E-state index contributed by atoms with van der Waals surface area (Å²) in [5, 5.41) is 12.3. The summed E-state index contributed by atoms with van der Waals surface area (Å²) in [4.78, 5) is 17.2. The molecule has 40 heavy (non-hydrogen) atoms. The lowest BCUT2D eigenvalue weighted by Crippen LogP contribution is -2.39. The van der Waals surface area contributed by atoms with Crippen LogP contribution in [-0.4, -0.2) is 60.7 Å². The fraction of sp³-hybridized carbons (Fsp3) is 0.531. The number of anilines is 2. The van der Waals surface area contributed by atoms with Gasteiger partial charge in [0, 0.05) is 55.3 Å². The Morgan fingerprint density at radius 2 is 1.88 bits per heavy atom. The minimum atomic E-state index is 0.381. The first kappa shape index (κ1) is 27.1. The molecular weight excluding hydrogens is 520 g/mol. The van der Waals surface area contributed by atoms with Crippen LogP contribution in [0.1, 0.15) is 56.2 Å². The fourth-order valence-electron chi connectivity index (χ4n) is 6.82. The standard InChI is InChI=1S/C32H39ClN6O/c1-37(25-10-2-3-11-25)19-20-40-32-35-28-22-38(29-13-5-9-24-8-4-12-27(33)30(24)29)18-15-26(28)31(36-32)39-17-6-7-23(21-39)14-16-34/h4-5,8-9,12-13,23,25H,2-3,6-7,10-11,14-15,17-22H2,1H3/t23-/m1/s1. The summed E-state index contributed by atoms with van der Waals surface area (Å²) in [6, 6.07) is 16.0. The maximum Gasteiger partial charge on any atom is 0.318 e. The molecule has 6 rings (SSSR count). The molecule has 3 aliphatic rings. The highest BCUT2D eigenvalue weighted by molar-refractivity contribution is 6.36. The lowest BCUT2D eigenvalue weighted by atomic mass is 9.94. The third-order valence-electron chi connectivity index (χ3n) is 9.02. The summed E-state index contributed by atoms with van der Waals surface area (Å²) in [7, 11) is 2.20. The molecule has 0 unspecified atom stereocenters. The molecule has 1 aromatic heterocycles. The summed E-state index contributed by atoms with van der Waals surface area (Å²) in [6.45, 7) is 4.82. The maximum absolute atomic E-state index is 9.33. The molecule has 1 aliphatic carbocycles. The van der Waals surface area contributed by atoms with Crippen LogP contribution in [-0.2, 0) is 13.0 Å². The highest BCUT2D eigenvalue weighted by Crippen LogP contribution is 2.37. The van der Waals surface area contributed by atoms with E-state index in [9.17, 15) is 5.26 Å². The Kier molecular flexibility index (Phi) is 8.27. The van der Waals surface area contributed by atoms with Crippen molar-refractivity contribution in [1.82, 2.24) is 14.9 Å². The van der Waals surface area contributed by atoms with Crippen molar-refractivity contribution in [2.75, 3.05) is 49.6 Å². The van der Waals surface area contributed by atoms with Crippen molar-refractivity contribution in [3.63, 3.8) is 0 Å². The lowest BCUT2D eigenvalue weighted by molar-refractivity contribution is 0.185. The van der Waals surface area contributed by atoms with E-state index in [-0.39, 0.29) is 0 Å². The van der Waals surface area contributed by atoms with Gasteiger partial charge in [-0.2, -0.15) is 15.2 Å². The third-order valence-corrected chi connectivity index (χ3v) is 9.33. The van der Waals surface area contributed by atoms with Crippen molar-refractivity contribution in [1.29, 1.82) is 5.26 Å². The number of likely N-dealkylation sites (N-methyl/N-ethyl adjacent to an activating group) is 1. The molecule has 2 aromatic carbocycles. The van der Waals surface area contributed by atoms with Crippen LogP contribution >= 0.6 is 11.6 Å². The van der Waals surface area contributed by atoms with Gasteiger partial charge in [-0.05, 0) is 62.6 Å². The van der Waals surface area contributed by atoms with Crippen LogP contribution in [0.4, 0.5) is 11.5 Å². The number of aromatic nitrogens is 2. The van der Waals surface area contributed by atoms with Crippen molar-refractivity contribution in [3.8, 4) is 12.1 Å². The average molecular weight is 559 g/mol. The number of ether oxygens (including phenoxy) is 1. The first-order chi connectivity index (χ1) is 19.6. The molecule has 210 valence electrons. The molecule has 0 spiro atoms. The Morgan fingerprint density at radius 3 is 2.70 bits per heavy atom. The number of fused-ring (bicyclic) bond motifs is 2. The second-order valence-corrected chi connectivity index (χ2v) is 12.0. The number of halogens is 1. The van der Waals surface area contributed by atoms with Crippen LogP contribution in [0.15, 0.2) is 36.4 Å². The highest BCUT2D eigenvalue weighted by Gasteiger charge is 2.29. The van der Waals surface area contributed by atoms with Gasteiger partial charge in [0.2, 0.25) is 0 Å². The van der Waals surface area contributed by atoms with Gasteiger partial charge in [0.1, 0.15) is 12.4 Å². The Bertz CT molecular complexity index is 1380. The first-order valence-corrected chi connectivity index (χ1v) is 15.3. The minimum absolute atomic E-state index is 0.381. The molecule has 2 fully saturated rings. The molecule has 2 aliphatic heterocycles. The van der Waals surface area contributed by atoms with E-state index >= 15 is 0 Å². The zero-order chi connectivity index (χ0) is 27.5. The van der Waals surface area contributed by atoms with Crippen molar-refractivity contribution >= 4 is 33.9 Å². The molecule has 3 heterocycles.